The standard InChI is InChI=1S/C15H23ClN4O2S/c1-2-17-15(19-8-7-18-14(22)10-3-4-10)20-9-11(21)12-5-6-13(16)23-12/h5-6,10-11,21H,2-4,7-9H2,1H3,(H,18,22)(H2,17,19,20). The Morgan fingerprint density at radius 1 is 1.39 bits per heavy atom. The predicted molar refractivity (Wildman–Crippen MR) is 94.0 cm³/mol. The summed E-state index contributed by atoms with van der Waals surface area (Å²) in [5, 5.41) is 19.2. The van der Waals surface area contributed by atoms with Crippen molar-refractivity contribution in [3.8, 4) is 0 Å². The first kappa shape index (κ1) is 18.0. The monoisotopic (exact) mass is 358 g/mol. The number of carbonyl (C=O) groups excluding carboxylic acids is 1. The van der Waals surface area contributed by atoms with E-state index in [1.54, 1.807) is 12.1 Å². The van der Waals surface area contributed by atoms with Crippen molar-refractivity contribution < 1.29 is 9.90 Å². The Morgan fingerprint density at radius 2 is 2.13 bits per heavy atom. The minimum absolute atomic E-state index is 0.138. The predicted octanol–water partition coefficient (Wildman–Crippen LogP) is 1.52. The Balaban J connectivity index is 1.73. The maximum Gasteiger partial charge on any atom is 0.223 e. The lowest BCUT2D eigenvalue weighted by atomic mass is 10.3. The van der Waals surface area contributed by atoms with Gasteiger partial charge in [-0.3, -0.25) is 9.79 Å². The third kappa shape index (κ3) is 6.37. The van der Waals surface area contributed by atoms with Crippen LogP contribution in [0.4, 0.5) is 0 Å². The summed E-state index contributed by atoms with van der Waals surface area (Å²) in [5.74, 6) is 0.985. The minimum atomic E-state index is -0.669. The van der Waals surface area contributed by atoms with E-state index in [4.69, 9.17) is 11.6 Å². The Hall–Kier alpha value is -1.31. The Labute approximate surface area is 145 Å². The number of halogens is 1. The van der Waals surface area contributed by atoms with Crippen molar-refractivity contribution in [3.05, 3.63) is 21.3 Å². The molecule has 6 nitrogen and oxygen atoms in total. The maximum atomic E-state index is 11.5. The molecule has 1 amide bonds. The number of hydrogen-bond acceptors (Lipinski definition) is 4. The van der Waals surface area contributed by atoms with Crippen LogP contribution in [0.5, 0.6) is 0 Å². The average molecular weight is 359 g/mol. The van der Waals surface area contributed by atoms with Crippen LogP contribution in [0.15, 0.2) is 17.1 Å². The summed E-state index contributed by atoms with van der Waals surface area (Å²) in [7, 11) is 0. The molecule has 0 aliphatic heterocycles. The van der Waals surface area contributed by atoms with Crippen molar-refractivity contribution in [2.45, 2.75) is 25.9 Å². The molecule has 0 aromatic carbocycles. The Morgan fingerprint density at radius 3 is 2.74 bits per heavy atom. The Bertz CT molecular complexity index is 545. The second-order valence-electron chi connectivity index (χ2n) is 5.37. The largest absolute Gasteiger partial charge is 0.386 e. The lowest BCUT2D eigenvalue weighted by molar-refractivity contribution is -0.122. The quantitative estimate of drug-likeness (QED) is 0.322. The van der Waals surface area contributed by atoms with Gasteiger partial charge < -0.3 is 21.1 Å². The topological polar surface area (TPSA) is 85.8 Å². The van der Waals surface area contributed by atoms with Gasteiger partial charge in [0.05, 0.1) is 10.9 Å². The molecule has 23 heavy (non-hydrogen) atoms. The highest BCUT2D eigenvalue weighted by atomic mass is 35.5. The average Bonchev–Trinajstić information content (AvgIpc) is 3.30. The molecule has 1 heterocycles. The van der Waals surface area contributed by atoms with Crippen LogP contribution < -0.4 is 16.0 Å². The molecular formula is C15H23ClN4O2S. The van der Waals surface area contributed by atoms with Crippen molar-refractivity contribution in [1.29, 1.82) is 0 Å². The van der Waals surface area contributed by atoms with Gasteiger partial charge in [0.2, 0.25) is 5.91 Å². The van der Waals surface area contributed by atoms with Crippen LogP contribution in [0.1, 0.15) is 30.7 Å². The van der Waals surface area contributed by atoms with Gasteiger partial charge in [-0.15, -0.1) is 11.3 Å². The molecule has 4 N–H and O–H groups in total. The number of nitrogens with zero attached hydrogens (tertiary/aromatic N) is 1. The normalized spacial score (nSPS) is 16.0. The molecule has 0 saturated heterocycles. The molecule has 2 rings (SSSR count). The minimum Gasteiger partial charge on any atom is -0.386 e. The van der Waals surface area contributed by atoms with E-state index < -0.39 is 6.10 Å². The van der Waals surface area contributed by atoms with E-state index in [-0.39, 0.29) is 18.4 Å². The summed E-state index contributed by atoms with van der Waals surface area (Å²) in [5.41, 5.74) is 0. The van der Waals surface area contributed by atoms with E-state index in [1.165, 1.54) is 11.3 Å². The van der Waals surface area contributed by atoms with Crippen molar-refractivity contribution in [2.24, 2.45) is 10.9 Å². The van der Waals surface area contributed by atoms with Gasteiger partial charge in [-0.25, -0.2) is 0 Å². The number of hydrogen-bond donors (Lipinski definition) is 4. The molecule has 1 atom stereocenters. The molecule has 128 valence electrons. The number of nitrogens with one attached hydrogen (secondary N) is 3. The number of aliphatic hydroxyl groups is 1. The van der Waals surface area contributed by atoms with Gasteiger partial charge in [0.25, 0.3) is 0 Å². The molecule has 1 saturated carbocycles. The molecule has 0 spiro atoms. The van der Waals surface area contributed by atoms with Gasteiger partial charge in [-0.1, -0.05) is 11.6 Å². The van der Waals surface area contributed by atoms with Crippen LogP contribution in [0.2, 0.25) is 4.34 Å². The number of thiophene rings is 1. The van der Waals surface area contributed by atoms with Crippen molar-refractivity contribution in [3.63, 3.8) is 0 Å². The molecule has 1 aliphatic rings. The zero-order chi connectivity index (χ0) is 16.7. The van der Waals surface area contributed by atoms with Gasteiger partial charge in [0.1, 0.15) is 6.10 Å². The number of guanidine groups is 1. The first-order chi connectivity index (χ1) is 11.1. The van der Waals surface area contributed by atoms with Crippen molar-refractivity contribution >= 4 is 34.8 Å². The lowest BCUT2D eigenvalue weighted by Crippen LogP contribution is -2.42. The molecule has 0 bridgehead atoms. The number of rotatable bonds is 8. The zero-order valence-electron chi connectivity index (χ0n) is 13.1. The summed E-state index contributed by atoms with van der Waals surface area (Å²) in [4.78, 5) is 16.7. The maximum absolute atomic E-state index is 11.5. The van der Waals surface area contributed by atoms with Gasteiger partial charge in [0.15, 0.2) is 5.96 Å². The Kier molecular flexibility index (Phi) is 7.14. The second-order valence-corrected chi connectivity index (χ2v) is 7.12. The smallest absolute Gasteiger partial charge is 0.223 e. The first-order valence-corrected chi connectivity index (χ1v) is 9.02. The SMILES string of the molecule is CCNC(=NCC(O)c1ccc(Cl)s1)NCCNC(=O)C1CC1. The molecule has 1 aromatic heterocycles. The van der Waals surface area contributed by atoms with E-state index in [1.807, 2.05) is 6.92 Å². The zero-order valence-corrected chi connectivity index (χ0v) is 14.7. The van der Waals surface area contributed by atoms with Crippen molar-refractivity contribution in [1.82, 2.24) is 16.0 Å². The first-order valence-electron chi connectivity index (χ1n) is 7.83. The second kappa shape index (κ2) is 9.10. The van der Waals surface area contributed by atoms with Crippen molar-refractivity contribution in [2.75, 3.05) is 26.2 Å². The molecule has 1 unspecified atom stereocenters. The van der Waals surface area contributed by atoms with Crippen LogP contribution in [0, 0.1) is 5.92 Å². The molecule has 8 heteroatoms. The van der Waals surface area contributed by atoms with Gasteiger partial charge in [-0.2, -0.15) is 0 Å². The summed E-state index contributed by atoms with van der Waals surface area (Å²) in [6.45, 7) is 4.09. The molecule has 0 radical (unpaired) electrons. The number of carbonyl (C=O) groups is 1. The van der Waals surface area contributed by atoms with E-state index in [2.05, 4.69) is 20.9 Å². The highest BCUT2D eigenvalue weighted by Crippen LogP contribution is 2.28. The highest BCUT2D eigenvalue weighted by Gasteiger charge is 2.28. The summed E-state index contributed by atoms with van der Waals surface area (Å²) < 4.78 is 0.652. The van der Waals surface area contributed by atoms with Crippen LogP contribution in [-0.4, -0.2) is 43.2 Å². The van der Waals surface area contributed by atoms with E-state index in [0.717, 1.165) is 24.3 Å². The van der Waals surface area contributed by atoms with Gasteiger partial charge in [-0.05, 0) is 31.9 Å². The van der Waals surface area contributed by atoms with Gasteiger partial charge in [0, 0.05) is 30.4 Å². The van der Waals surface area contributed by atoms with Gasteiger partial charge >= 0.3 is 0 Å². The molecule has 1 aliphatic carbocycles. The van der Waals surface area contributed by atoms with Crippen LogP contribution in [0.25, 0.3) is 0 Å². The molecule has 1 aromatic rings. The summed E-state index contributed by atoms with van der Waals surface area (Å²) in [6.07, 6.45) is 1.35. The fourth-order valence-corrected chi connectivity index (χ4v) is 3.01. The van der Waals surface area contributed by atoms with Crippen LogP contribution in [0.3, 0.4) is 0 Å². The summed E-state index contributed by atoms with van der Waals surface area (Å²) in [6, 6.07) is 3.57. The van der Waals surface area contributed by atoms with E-state index in [9.17, 15) is 9.90 Å². The number of aliphatic hydroxyl groups excluding tert-OH is 1. The molecular weight excluding hydrogens is 336 g/mol. The van der Waals surface area contributed by atoms with Crippen LogP contribution >= 0.6 is 22.9 Å². The third-order valence-electron chi connectivity index (χ3n) is 3.35. The van der Waals surface area contributed by atoms with E-state index in [0.29, 0.717) is 23.4 Å². The molecule has 1 fully saturated rings. The number of amides is 1. The fraction of sp³-hybridized carbons (Fsp3) is 0.600. The summed E-state index contributed by atoms with van der Waals surface area (Å²) >= 11 is 7.22. The number of aliphatic imine (C=N–C) groups is 1. The highest BCUT2D eigenvalue weighted by molar-refractivity contribution is 7.16. The third-order valence-corrected chi connectivity index (χ3v) is 4.69. The van der Waals surface area contributed by atoms with E-state index >= 15 is 0 Å². The van der Waals surface area contributed by atoms with Crippen LogP contribution in [-0.2, 0) is 4.79 Å². The lowest BCUT2D eigenvalue weighted by Gasteiger charge is -2.13. The fourth-order valence-electron chi connectivity index (χ4n) is 1.97.